The first kappa shape index (κ1) is 22.0. The van der Waals surface area contributed by atoms with E-state index in [4.69, 9.17) is 21.4 Å². The van der Waals surface area contributed by atoms with Gasteiger partial charge in [-0.2, -0.15) is 0 Å². The number of furan rings is 1. The summed E-state index contributed by atoms with van der Waals surface area (Å²) in [7, 11) is 0. The zero-order valence-corrected chi connectivity index (χ0v) is 19.4. The van der Waals surface area contributed by atoms with Gasteiger partial charge in [-0.05, 0) is 43.8 Å². The molecule has 1 unspecified atom stereocenters. The number of aromatic nitrogens is 1. The molecule has 1 atom stereocenters. The largest absolute Gasteiger partial charge is 0.465 e. The molecule has 2 aromatic heterocycles. The maximum absolute atomic E-state index is 12.9. The standard InChI is InChI=1S/C23H27N3O3S2/c1-16-3-6-18(7-4-16)20-15-31-23(30)26(20)14-22(27)24-13-19(21-8-5-17(2)29-21)25-9-11-28-12-10-25/h3-8,15,19H,9-14H2,1-2H3,(H,24,27). The second kappa shape index (κ2) is 9.91. The van der Waals surface area contributed by atoms with Crippen molar-refractivity contribution in [3.05, 3.63) is 62.8 Å². The van der Waals surface area contributed by atoms with E-state index in [0.29, 0.717) is 23.7 Å². The summed E-state index contributed by atoms with van der Waals surface area (Å²) in [4.78, 5) is 15.2. The van der Waals surface area contributed by atoms with Crippen LogP contribution in [0.1, 0.15) is 23.1 Å². The maximum Gasteiger partial charge on any atom is 0.240 e. The van der Waals surface area contributed by atoms with E-state index in [9.17, 15) is 4.79 Å². The summed E-state index contributed by atoms with van der Waals surface area (Å²) in [5.74, 6) is 1.67. The molecule has 1 N–H and O–H groups in total. The number of hydrogen-bond donors (Lipinski definition) is 1. The summed E-state index contributed by atoms with van der Waals surface area (Å²) in [5.41, 5.74) is 3.23. The molecule has 1 aromatic carbocycles. The average Bonchev–Trinajstić information content (AvgIpc) is 3.36. The number of nitrogens with zero attached hydrogens (tertiary/aromatic N) is 2. The Balaban J connectivity index is 1.46. The van der Waals surface area contributed by atoms with Gasteiger partial charge in [-0.1, -0.05) is 29.8 Å². The number of carbonyl (C=O) groups is 1. The molecule has 31 heavy (non-hydrogen) atoms. The second-order valence-electron chi connectivity index (χ2n) is 7.76. The van der Waals surface area contributed by atoms with Gasteiger partial charge in [0.15, 0.2) is 3.95 Å². The Morgan fingerprint density at radius 3 is 2.58 bits per heavy atom. The van der Waals surface area contributed by atoms with Gasteiger partial charge in [0.2, 0.25) is 5.91 Å². The Morgan fingerprint density at radius 2 is 1.90 bits per heavy atom. The first-order valence-corrected chi connectivity index (χ1v) is 11.7. The predicted octanol–water partition coefficient (Wildman–Crippen LogP) is 4.35. The highest BCUT2D eigenvalue weighted by Gasteiger charge is 2.26. The highest BCUT2D eigenvalue weighted by molar-refractivity contribution is 7.73. The van der Waals surface area contributed by atoms with Crippen molar-refractivity contribution in [1.29, 1.82) is 0 Å². The normalized spacial score (nSPS) is 15.7. The van der Waals surface area contributed by atoms with Crippen molar-refractivity contribution < 1.29 is 13.9 Å². The van der Waals surface area contributed by atoms with Gasteiger partial charge in [0.25, 0.3) is 0 Å². The van der Waals surface area contributed by atoms with Crippen LogP contribution in [0.4, 0.5) is 0 Å². The number of benzene rings is 1. The molecule has 0 spiro atoms. The minimum atomic E-state index is -0.0654. The van der Waals surface area contributed by atoms with Crippen molar-refractivity contribution in [3.8, 4) is 11.3 Å². The second-order valence-corrected chi connectivity index (χ2v) is 9.26. The summed E-state index contributed by atoms with van der Waals surface area (Å²) in [6, 6.07) is 12.2. The quantitative estimate of drug-likeness (QED) is 0.535. The summed E-state index contributed by atoms with van der Waals surface area (Å²) in [6.07, 6.45) is 0. The lowest BCUT2D eigenvalue weighted by atomic mass is 10.1. The van der Waals surface area contributed by atoms with E-state index >= 15 is 0 Å². The fraction of sp³-hybridized carbons (Fsp3) is 0.391. The fourth-order valence-corrected chi connectivity index (χ4v) is 4.84. The van der Waals surface area contributed by atoms with Crippen molar-refractivity contribution in [2.24, 2.45) is 0 Å². The Hall–Kier alpha value is -2.26. The van der Waals surface area contributed by atoms with Gasteiger partial charge in [-0.15, -0.1) is 11.3 Å². The first-order chi connectivity index (χ1) is 15.0. The molecule has 0 radical (unpaired) electrons. The fourth-order valence-electron chi connectivity index (χ4n) is 3.77. The third-order valence-corrected chi connectivity index (χ3v) is 6.77. The summed E-state index contributed by atoms with van der Waals surface area (Å²) < 4.78 is 14.0. The van der Waals surface area contributed by atoms with Crippen LogP contribution in [0.5, 0.6) is 0 Å². The topological polar surface area (TPSA) is 59.6 Å². The Bertz CT molecular complexity index is 1080. The van der Waals surface area contributed by atoms with Crippen molar-refractivity contribution in [3.63, 3.8) is 0 Å². The number of aryl methyl sites for hydroxylation is 2. The molecule has 0 bridgehead atoms. The van der Waals surface area contributed by atoms with Crippen LogP contribution in [-0.4, -0.2) is 48.2 Å². The zero-order valence-electron chi connectivity index (χ0n) is 17.8. The molecule has 1 fully saturated rings. The van der Waals surface area contributed by atoms with Crippen molar-refractivity contribution in [1.82, 2.24) is 14.8 Å². The van der Waals surface area contributed by atoms with E-state index in [2.05, 4.69) is 41.4 Å². The molecular formula is C23H27N3O3S2. The monoisotopic (exact) mass is 457 g/mol. The SMILES string of the molecule is Cc1ccc(-c2csc(=S)n2CC(=O)NCC(c2ccc(C)o2)N2CCOCC2)cc1. The van der Waals surface area contributed by atoms with E-state index in [-0.39, 0.29) is 18.5 Å². The highest BCUT2D eigenvalue weighted by atomic mass is 32.1. The maximum atomic E-state index is 12.9. The molecule has 6 nitrogen and oxygen atoms in total. The number of thiazole rings is 1. The summed E-state index contributed by atoms with van der Waals surface area (Å²) in [5, 5.41) is 5.11. The number of morpholine rings is 1. The summed E-state index contributed by atoms with van der Waals surface area (Å²) >= 11 is 6.98. The molecule has 3 heterocycles. The van der Waals surface area contributed by atoms with Gasteiger partial charge >= 0.3 is 0 Å². The van der Waals surface area contributed by atoms with Crippen molar-refractivity contribution >= 4 is 29.5 Å². The van der Waals surface area contributed by atoms with Crippen molar-refractivity contribution in [2.45, 2.75) is 26.4 Å². The third-order valence-electron chi connectivity index (χ3n) is 5.50. The van der Waals surface area contributed by atoms with Gasteiger partial charge in [-0.3, -0.25) is 9.69 Å². The van der Waals surface area contributed by atoms with Gasteiger partial charge in [-0.25, -0.2) is 0 Å². The van der Waals surface area contributed by atoms with Crippen LogP contribution in [-0.2, 0) is 16.1 Å². The molecule has 0 aliphatic carbocycles. The van der Waals surface area contributed by atoms with Crippen LogP contribution in [0.2, 0.25) is 0 Å². The number of carbonyl (C=O) groups excluding carboxylic acids is 1. The molecule has 1 amide bonds. The average molecular weight is 458 g/mol. The van der Waals surface area contributed by atoms with Gasteiger partial charge in [0.05, 0.1) is 24.9 Å². The van der Waals surface area contributed by atoms with Crippen molar-refractivity contribution in [2.75, 3.05) is 32.8 Å². The Kier molecular flexibility index (Phi) is 7.02. The number of ether oxygens (including phenoxy) is 1. The molecule has 8 heteroatoms. The van der Waals surface area contributed by atoms with E-state index in [0.717, 1.165) is 35.9 Å². The minimum absolute atomic E-state index is 0.0198. The smallest absolute Gasteiger partial charge is 0.240 e. The van der Waals surface area contributed by atoms with Crippen LogP contribution in [0.3, 0.4) is 0 Å². The third kappa shape index (κ3) is 5.33. The van der Waals surface area contributed by atoms with E-state index in [1.54, 1.807) is 0 Å². The molecule has 1 saturated heterocycles. The van der Waals surface area contributed by atoms with Crippen LogP contribution in [0.15, 0.2) is 46.2 Å². The Labute approximate surface area is 191 Å². The van der Waals surface area contributed by atoms with E-state index in [1.165, 1.54) is 16.9 Å². The van der Waals surface area contributed by atoms with Gasteiger partial charge < -0.3 is 19.0 Å². The lowest BCUT2D eigenvalue weighted by Gasteiger charge is -2.33. The number of rotatable bonds is 7. The van der Waals surface area contributed by atoms with Crippen LogP contribution in [0, 0.1) is 17.8 Å². The van der Waals surface area contributed by atoms with E-state index in [1.807, 2.05) is 29.0 Å². The number of amides is 1. The Morgan fingerprint density at radius 1 is 1.16 bits per heavy atom. The molecule has 4 rings (SSSR count). The zero-order chi connectivity index (χ0) is 21.8. The van der Waals surface area contributed by atoms with E-state index < -0.39 is 0 Å². The first-order valence-electron chi connectivity index (χ1n) is 10.4. The van der Waals surface area contributed by atoms with Crippen LogP contribution >= 0.6 is 23.6 Å². The van der Waals surface area contributed by atoms with Crippen LogP contribution < -0.4 is 5.32 Å². The molecule has 1 aliphatic rings. The predicted molar refractivity (Wildman–Crippen MR) is 125 cm³/mol. The molecular weight excluding hydrogens is 430 g/mol. The lowest BCUT2D eigenvalue weighted by molar-refractivity contribution is -0.122. The molecule has 3 aromatic rings. The van der Waals surface area contributed by atoms with Gasteiger partial charge in [0.1, 0.15) is 18.1 Å². The summed E-state index contributed by atoms with van der Waals surface area (Å²) in [6.45, 7) is 7.66. The number of nitrogens with one attached hydrogen (secondary N) is 1. The molecule has 0 saturated carbocycles. The lowest BCUT2D eigenvalue weighted by Crippen LogP contribution is -2.44. The molecule has 164 valence electrons. The number of hydrogen-bond acceptors (Lipinski definition) is 6. The van der Waals surface area contributed by atoms with Crippen LogP contribution in [0.25, 0.3) is 11.3 Å². The minimum Gasteiger partial charge on any atom is -0.465 e. The molecule has 1 aliphatic heterocycles. The van der Waals surface area contributed by atoms with Gasteiger partial charge in [0, 0.05) is 25.0 Å². The highest BCUT2D eigenvalue weighted by Crippen LogP contribution is 2.25.